The summed E-state index contributed by atoms with van der Waals surface area (Å²) in [6.45, 7) is 9.48. The molecule has 2 aromatic carbocycles. The first-order valence-corrected chi connectivity index (χ1v) is 12.1. The van der Waals surface area contributed by atoms with Crippen molar-refractivity contribution in [1.29, 1.82) is 0 Å². The van der Waals surface area contributed by atoms with Crippen LogP contribution >= 0.6 is 0 Å². The monoisotopic (exact) mass is 452 g/mol. The van der Waals surface area contributed by atoms with Crippen LogP contribution in [0.25, 0.3) is 0 Å². The molecular weight excluding hydrogens is 424 g/mol. The molecule has 1 aliphatic rings. The Morgan fingerprint density at radius 3 is 2.16 bits per heavy atom. The molecule has 0 unspecified atom stereocenters. The summed E-state index contributed by atoms with van der Waals surface area (Å²) in [5.41, 5.74) is 2.86. The lowest BCUT2D eigenvalue weighted by molar-refractivity contribution is 0.382. The standard InChI is InChI=1S/C24H28N4O3S/c1-17-6-9-21(10-7-17)31-24-16-23(25-20(4)26-24)27-11-13-28(14-12-27)32(29,30)22-15-18(2)5-8-19(22)3/h5-10,15-16H,11-14H2,1-4H3. The fourth-order valence-electron chi connectivity index (χ4n) is 3.75. The first kappa shape index (κ1) is 22.2. The molecule has 0 atom stereocenters. The molecule has 0 saturated carbocycles. The molecule has 1 aliphatic heterocycles. The van der Waals surface area contributed by atoms with Crippen LogP contribution in [0.1, 0.15) is 22.5 Å². The fraction of sp³-hybridized carbons (Fsp3) is 0.333. The van der Waals surface area contributed by atoms with Gasteiger partial charge in [0.05, 0.1) is 4.90 Å². The number of rotatable bonds is 5. The number of hydrogen-bond donors (Lipinski definition) is 0. The van der Waals surface area contributed by atoms with Gasteiger partial charge in [-0.25, -0.2) is 13.4 Å². The number of nitrogens with zero attached hydrogens (tertiary/aromatic N) is 4. The van der Waals surface area contributed by atoms with E-state index in [0.717, 1.165) is 22.5 Å². The molecule has 1 saturated heterocycles. The quantitative estimate of drug-likeness (QED) is 0.582. The van der Waals surface area contributed by atoms with Gasteiger partial charge >= 0.3 is 0 Å². The second kappa shape index (κ2) is 8.88. The first-order chi connectivity index (χ1) is 15.2. The van der Waals surface area contributed by atoms with E-state index in [1.54, 1.807) is 10.4 Å². The largest absolute Gasteiger partial charge is 0.439 e. The number of sulfonamides is 1. The van der Waals surface area contributed by atoms with E-state index in [1.807, 2.05) is 70.2 Å². The van der Waals surface area contributed by atoms with Crippen LogP contribution in [0.3, 0.4) is 0 Å². The van der Waals surface area contributed by atoms with Gasteiger partial charge in [0.25, 0.3) is 0 Å². The molecule has 0 amide bonds. The molecule has 3 aromatic rings. The maximum atomic E-state index is 13.2. The predicted octanol–water partition coefficient (Wildman–Crippen LogP) is 4.01. The van der Waals surface area contributed by atoms with E-state index >= 15 is 0 Å². The molecule has 32 heavy (non-hydrogen) atoms. The third kappa shape index (κ3) is 4.76. The summed E-state index contributed by atoms with van der Waals surface area (Å²) >= 11 is 0. The zero-order valence-corrected chi connectivity index (χ0v) is 19.7. The molecule has 1 fully saturated rings. The van der Waals surface area contributed by atoms with Crippen LogP contribution in [0.5, 0.6) is 11.6 Å². The average Bonchev–Trinajstić information content (AvgIpc) is 2.76. The van der Waals surface area contributed by atoms with E-state index < -0.39 is 10.0 Å². The number of ether oxygens (including phenoxy) is 1. The van der Waals surface area contributed by atoms with Crippen LogP contribution in [0, 0.1) is 27.7 Å². The van der Waals surface area contributed by atoms with Crippen LogP contribution in [-0.2, 0) is 10.0 Å². The van der Waals surface area contributed by atoms with Crippen molar-refractivity contribution in [2.45, 2.75) is 32.6 Å². The highest BCUT2D eigenvalue weighted by molar-refractivity contribution is 7.89. The van der Waals surface area contributed by atoms with Crippen molar-refractivity contribution in [3.63, 3.8) is 0 Å². The van der Waals surface area contributed by atoms with Crippen LogP contribution in [0.2, 0.25) is 0 Å². The Balaban J connectivity index is 1.49. The molecule has 0 spiro atoms. The minimum Gasteiger partial charge on any atom is -0.439 e. The van der Waals surface area contributed by atoms with Gasteiger partial charge < -0.3 is 9.64 Å². The maximum Gasteiger partial charge on any atom is 0.243 e. The highest BCUT2D eigenvalue weighted by Crippen LogP contribution is 2.26. The summed E-state index contributed by atoms with van der Waals surface area (Å²) in [4.78, 5) is 11.4. The average molecular weight is 453 g/mol. The van der Waals surface area contributed by atoms with Crippen molar-refractivity contribution < 1.29 is 13.2 Å². The predicted molar refractivity (Wildman–Crippen MR) is 125 cm³/mol. The number of hydrogen-bond acceptors (Lipinski definition) is 6. The number of aromatic nitrogens is 2. The molecule has 2 heterocycles. The van der Waals surface area contributed by atoms with E-state index in [0.29, 0.717) is 48.5 Å². The third-order valence-electron chi connectivity index (χ3n) is 5.57. The molecule has 4 rings (SSSR count). The number of piperazine rings is 1. The molecule has 0 bridgehead atoms. The fourth-order valence-corrected chi connectivity index (χ4v) is 5.48. The lowest BCUT2D eigenvalue weighted by Gasteiger charge is -2.35. The Kier molecular flexibility index (Phi) is 6.17. The van der Waals surface area contributed by atoms with Crippen LogP contribution in [0.15, 0.2) is 53.4 Å². The summed E-state index contributed by atoms with van der Waals surface area (Å²) in [6, 6.07) is 15.1. The van der Waals surface area contributed by atoms with Gasteiger partial charge in [0.15, 0.2) is 0 Å². The Hall–Kier alpha value is -2.97. The molecule has 0 aliphatic carbocycles. The van der Waals surface area contributed by atoms with Crippen molar-refractivity contribution in [2.75, 3.05) is 31.1 Å². The Morgan fingerprint density at radius 1 is 0.812 bits per heavy atom. The molecule has 0 N–H and O–H groups in total. The third-order valence-corrected chi connectivity index (χ3v) is 7.61. The molecule has 8 heteroatoms. The van der Waals surface area contributed by atoms with E-state index in [2.05, 4.69) is 14.9 Å². The minimum absolute atomic E-state index is 0.387. The minimum atomic E-state index is -3.53. The van der Waals surface area contributed by atoms with Crippen molar-refractivity contribution in [2.24, 2.45) is 0 Å². The Labute approximate surface area is 189 Å². The molecule has 1 aromatic heterocycles. The van der Waals surface area contributed by atoms with Crippen molar-refractivity contribution in [1.82, 2.24) is 14.3 Å². The normalized spacial score (nSPS) is 15.1. The summed E-state index contributed by atoms with van der Waals surface area (Å²) in [5.74, 6) is 2.53. The summed E-state index contributed by atoms with van der Waals surface area (Å²) in [7, 11) is -3.53. The van der Waals surface area contributed by atoms with Gasteiger partial charge in [-0.3, -0.25) is 0 Å². The first-order valence-electron chi connectivity index (χ1n) is 10.6. The lowest BCUT2D eigenvalue weighted by atomic mass is 10.2. The lowest BCUT2D eigenvalue weighted by Crippen LogP contribution is -2.49. The Bertz CT molecular complexity index is 1220. The summed E-state index contributed by atoms with van der Waals surface area (Å²) < 4.78 is 33.9. The molecule has 7 nitrogen and oxygen atoms in total. The van der Waals surface area contributed by atoms with Gasteiger partial charge in [-0.15, -0.1) is 0 Å². The number of anilines is 1. The van der Waals surface area contributed by atoms with E-state index in [-0.39, 0.29) is 0 Å². The Morgan fingerprint density at radius 2 is 1.47 bits per heavy atom. The summed E-state index contributed by atoms with van der Waals surface area (Å²) in [6.07, 6.45) is 0. The smallest absolute Gasteiger partial charge is 0.243 e. The van der Waals surface area contributed by atoms with Gasteiger partial charge in [-0.2, -0.15) is 9.29 Å². The van der Waals surface area contributed by atoms with Gasteiger partial charge in [-0.1, -0.05) is 29.8 Å². The van der Waals surface area contributed by atoms with Gasteiger partial charge in [0, 0.05) is 32.2 Å². The zero-order valence-electron chi connectivity index (χ0n) is 18.9. The number of benzene rings is 2. The van der Waals surface area contributed by atoms with Gasteiger partial charge in [-0.05, 0) is 57.0 Å². The topological polar surface area (TPSA) is 75.6 Å². The zero-order chi connectivity index (χ0) is 22.9. The molecule has 168 valence electrons. The highest BCUT2D eigenvalue weighted by Gasteiger charge is 2.30. The maximum absolute atomic E-state index is 13.2. The van der Waals surface area contributed by atoms with E-state index in [4.69, 9.17) is 4.74 Å². The molecular formula is C24H28N4O3S. The van der Waals surface area contributed by atoms with E-state index in [1.165, 1.54) is 0 Å². The van der Waals surface area contributed by atoms with E-state index in [9.17, 15) is 8.42 Å². The van der Waals surface area contributed by atoms with Crippen LogP contribution < -0.4 is 9.64 Å². The summed E-state index contributed by atoms with van der Waals surface area (Å²) in [5, 5.41) is 0. The molecule has 0 radical (unpaired) electrons. The highest BCUT2D eigenvalue weighted by atomic mass is 32.2. The second-order valence-electron chi connectivity index (χ2n) is 8.19. The van der Waals surface area contributed by atoms with Crippen molar-refractivity contribution in [3.05, 3.63) is 71.0 Å². The van der Waals surface area contributed by atoms with Gasteiger partial charge in [0.1, 0.15) is 17.4 Å². The van der Waals surface area contributed by atoms with Crippen LogP contribution in [0.4, 0.5) is 5.82 Å². The second-order valence-corrected chi connectivity index (χ2v) is 10.1. The van der Waals surface area contributed by atoms with Crippen molar-refractivity contribution in [3.8, 4) is 11.6 Å². The van der Waals surface area contributed by atoms with Crippen LogP contribution in [-0.4, -0.2) is 48.9 Å². The van der Waals surface area contributed by atoms with Gasteiger partial charge in [0.2, 0.25) is 15.9 Å². The SMILES string of the molecule is Cc1ccc(Oc2cc(N3CCN(S(=O)(=O)c4cc(C)ccc4C)CC3)nc(C)n2)cc1. The van der Waals surface area contributed by atoms with Crippen molar-refractivity contribution >= 4 is 15.8 Å². The number of aryl methyl sites for hydroxylation is 4.